The third-order valence-electron chi connectivity index (χ3n) is 1.54. The summed E-state index contributed by atoms with van der Waals surface area (Å²) in [7, 11) is 0. The molecule has 0 saturated heterocycles. The lowest BCUT2D eigenvalue weighted by Crippen LogP contribution is -1.90. The number of nitrogen functional groups attached to an aromatic ring is 1. The van der Waals surface area contributed by atoms with E-state index in [-0.39, 0.29) is 0 Å². The molecule has 2 N–H and O–H groups in total. The van der Waals surface area contributed by atoms with Crippen molar-refractivity contribution in [1.82, 2.24) is 4.98 Å². The number of aryl methyl sites for hydroxylation is 1. The van der Waals surface area contributed by atoms with Gasteiger partial charge in [0.1, 0.15) is 5.69 Å². The molecule has 0 spiro atoms. The topological polar surface area (TPSA) is 51.3 Å². The Morgan fingerprint density at radius 1 is 1.31 bits per heavy atom. The lowest BCUT2D eigenvalue weighted by atomic mass is 10.3. The van der Waals surface area contributed by atoms with Crippen molar-refractivity contribution in [1.29, 1.82) is 0 Å². The molecule has 0 aliphatic heterocycles. The summed E-state index contributed by atoms with van der Waals surface area (Å²) < 4.78 is 0. The number of hydrogen-bond acceptors (Lipinski definition) is 3. The molecule has 0 amide bonds. The van der Waals surface area contributed by atoms with Gasteiger partial charge in [-0.15, -0.1) is 0 Å². The van der Waals surface area contributed by atoms with E-state index in [4.69, 9.17) is 5.73 Å². The monoisotopic (exact) mass is 223 g/mol. The molecule has 3 heteroatoms. The smallest absolute Gasteiger partial charge is 0.107 e. The molecular weight excluding hydrogens is 198 g/mol. The van der Waals surface area contributed by atoms with E-state index in [0.29, 0.717) is 5.69 Å². The van der Waals surface area contributed by atoms with Crippen LogP contribution in [0.2, 0.25) is 0 Å². The third-order valence-corrected chi connectivity index (χ3v) is 1.54. The number of aliphatic imine (C=N–C) groups is 1. The summed E-state index contributed by atoms with van der Waals surface area (Å²) in [5.41, 5.74) is 8.06. The lowest BCUT2D eigenvalue weighted by molar-refractivity contribution is 1.19. The summed E-state index contributed by atoms with van der Waals surface area (Å²) in [4.78, 5) is 8.31. The quantitative estimate of drug-likeness (QED) is 0.766. The molecule has 1 aromatic heterocycles. The fourth-order valence-electron chi connectivity index (χ4n) is 0.929. The van der Waals surface area contributed by atoms with Gasteiger partial charge in [-0.1, -0.05) is 34.6 Å². The summed E-state index contributed by atoms with van der Waals surface area (Å²) in [6, 6.07) is 1.76. The number of rotatable bonds is 2. The van der Waals surface area contributed by atoms with Crippen molar-refractivity contribution in [2.75, 3.05) is 5.73 Å². The summed E-state index contributed by atoms with van der Waals surface area (Å²) in [5, 5.41) is 0. The molecule has 92 valence electrons. The first-order chi connectivity index (χ1) is 7.75. The molecular formula is C13H25N3. The fraction of sp³-hybridized carbons (Fsp3) is 0.538. The lowest BCUT2D eigenvalue weighted by Gasteiger charge is -2.01. The molecule has 0 atom stereocenters. The van der Waals surface area contributed by atoms with Crippen LogP contribution in [-0.2, 0) is 0 Å². The van der Waals surface area contributed by atoms with Crippen LogP contribution in [0.4, 0.5) is 11.4 Å². The van der Waals surface area contributed by atoms with Gasteiger partial charge in [0, 0.05) is 12.4 Å². The first kappa shape index (κ1) is 17.0. The third kappa shape index (κ3) is 6.17. The molecule has 0 bridgehead atoms. The Morgan fingerprint density at radius 2 is 1.88 bits per heavy atom. The average molecular weight is 223 g/mol. The number of hydrogen-bond donors (Lipinski definition) is 1. The minimum Gasteiger partial charge on any atom is -0.397 e. The van der Waals surface area contributed by atoms with Crippen LogP contribution in [0.3, 0.4) is 0 Å². The molecule has 1 rings (SSSR count). The van der Waals surface area contributed by atoms with Crippen molar-refractivity contribution >= 4 is 17.6 Å². The van der Waals surface area contributed by atoms with E-state index in [1.165, 1.54) is 0 Å². The summed E-state index contributed by atoms with van der Waals surface area (Å²) in [6.07, 6.45) is 4.43. The highest BCUT2D eigenvalue weighted by molar-refractivity contribution is 5.71. The Hall–Kier alpha value is -1.38. The zero-order chi connectivity index (χ0) is 13.0. The van der Waals surface area contributed by atoms with E-state index in [2.05, 4.69) is 9.98 Å². The van der Waals surface area contributed by atoms with Gasteiger partial charge in [0.05, 0.1) is 11.4 Å². The highest BCUT2D eigenvalue weighted by Gasteiger charge is 1.99. The Balaban J connectivity index is 0. The van der Waals surface area contributed by atoms with Crippen LogP contribution in [0.5, 0.6) is 0 Å². The average Bonchev–Trinajstić information content (AvgIpc) is 2.34. The molecule has 0 aliphatic rings. The molecule has 1 heterocycles. The van der Waals surface area contributed by atoms with Crippen molar-refractivity contribution in [3.8, 4) is 0 Å². The van der Waals surface area contributed by atoms with Crippen molar-refractivity contribution in [3.05, 3.63) is 18.0 Å². The predicted molar refractivity (Wildman–Crippen MR) is 74.5 cm³/mol. The van der Waals surface area contributed by atoms with Crippen LogP contribution in [0, 0.1) is 6.92 Å². The van der Waals surface area contributed by atoms with E-state index in [9.17, 15) is 0 Å². The van der Waals surface area contributed by atoms with Crippen molar-refractivity contribution in [2.24, 2.45) is 4.99 Å². The van der Waals surface area contributed by atoms with Gasteiger partial charge in [-0.2, -0.15) is 0 Å². The Labute approximate surface area is 99.8 Å². The molecule has 0 aliphatic carbocycles. The molecule has 0 unspecified atom stereocenters. The normalized spacial score (nSPS) is 8.88. The SMILES string of the molecule is CC.CC.CCC=Nc1c(N)ccnc1C. The van der Waals surface area contributed by atoms with Crippen molar-refractivity contribution in [2.45, 2.75) is 48.0 Å². The Kier molecular flexibility index (Phi) is 12.4. The summed E-state index contributed by atoms with van der Waals surface area (Å²) in [6.45, 7) is 11.9. The van der Waals surface area contributed by atoms with E-state index >= 15 is 0 Å². The van der Waals surface area contributed by atoms with Gasteiger partial charge in [0.25, 0.3) is 0 Å². The summed E-state index contributed by atoms with van der Waals surface area (Å²) in [5.74, 6) is 0. The predicted octanol–water partition coefficient (Wildman–Crippen LogP) is 4.14. The molecule has 16 heavy (non-hydrogen) atoms. The van der Waals surface area contributed by atoms with E-state index in [0.717, 1.165) is 17.8 Å². The van der Waals surface area contributed by atoms with Crippen LogP contribution in [0.1, 0.15) is 46.7 Å². The second-order valence-electron chi connectivity index (χ2n) is 2.55. The minimum absolute atomic E-state index is 0.687. The second-order valence-corrected chi connectivity index (χ2v) is 2.55. The number of pyridine rings is 1. The Morgan fingerprint density at radius 3 is 2.31 bits per heavy atom. The molecule has 0 aromatic carbocycles. The maximum atomic E-state index is 5.71. The first-order valence-electron chi connectivity index (χ1n) is 5.99. The number of anilines is 1. The van der Waals surface area contributed by atoms with Gasteiger partial charge in [-0.05, 0) is 19.4 Å². The maximum Gasteiger partial charge on any atom is 0.107 e. The Bertz CT molecular complexity index is 273. The summed E-state index contributed by atoms with van der Waals surface area (Å²) >= 11 is 0. The fourth-order valence-corrected chi connectivity index (χ4v) is 0.929. The van der Waals surface area contributed by atoms with E-state index in [1.54, 1.807) is 12.3 Å². The first-order valence-corrected chi connectivity index (χ1v) is 5.99. The zero-order valence-electron chi connectivity index (χ0n) is 11.4. The molecule has 0 radical (unpaired) electrons. The van der Waals surface area contributed by atoms with Gasteiger partial charge in [0.2, 0.25) is 0 Å². The molecule has 1 aromatic rings. The van der Waals surface area contributed by atoms with Crippen molar-refractivity contribution in [3.63, 3.8) is 0 Å². The molecule has 0 saturated carbocycles. The standard InChI is InChI=1S/C9H13N3.2C2H6/c1-3-5-12-9-7(2)11-6-4-8(9)10;2*1-2/h4-6H,3H2,1-2H3,(H2,10,11);2*1-2H3. The van der Waals surface area contributed by atoms with Gasteiger partial charge in [0.15, 0.2) is 0 Å². The van der Waals surface area contributed by atoms with E-state index < -0.39 is 0 Å². The maximum absolute atomic E-state index is 5.71. The van der Waals surface area contributed by atoms with Crippen LogP contribution in [-0.4, -0.2) is 11.2 Å². The van der Waals surface area contributed by atoms with Crippen LogP contribution < -0.4 is 5.73 Å². The van der Waals surface area contributed by atoms with Crippen LogP contribution in [0.15, 0.2) is 17.3 Å². The second kappa shape index (κ2) is 11.7. The minimum atomic E-state index is 0.687. The molecule has 0 fully saturated rings. The van der Waals surface area contributed by atoms with Gasteiger partial charge < -0.3 is 5.73 Å². The van der Waals surface area contributed by atoms with Crippen molar-refractivity contribution < 1.29 is 0 Å². The number of aromatic nitrogens is 1. The number of nitrogens with zero attached hydrogens (tertiary/aromatic N) is 2. The van der Waals surface area contributed by atoms with Crippen LogP contribution >= 0.6 is 0 Å². The van der Waals surface area contributed by atoms with E-state index in [1.807, 2.05) is 47.8 Å². The highest BCUT2D eigenvalue weighted by atomic mass is 14.8. The number of nitrogens with two attached hydrogens (primary N) is 1. The highest BCUT2D eigenvalue weighted by Crippen LogP contribution is 2.23. The van der Waals surface area contributed by atoms with Gasteiger partial charge in [-0.3, -0.25) is 9.98 Å². The van der Waals surface area contributed by atoms with Gasteiger partial charge >= 0.3 is 0 Å². The zero-order valence-corrected chi connectivity index (χ0v) is 11.4. The largest absolute Gasteiger partial charge is 0.397 e. The molecule has 3 nitrogen and oxygen atoms in total. The van der Waals surface area contributed by atoms with Crippen LogP contribution in [0.25, 0.3) is 0 Å². The van der Waals surface area contributed by atoms with Gasteiger partial charge in [-0.25, -0.2) is 0 Å².